The maximum absolute atomic E-state index is 13.8. The number of carbonyl (C=O) groups is 1. The summed E-state index contributed by atoms with van der Waals surface area (Å²) >= 11 is 5.77. The summed E-state index contributed by atoms with van der Waals surface area (Å²) in [6, 6.07) is 5.32. The maximum atomic E-state index is 13.8. The van der Waals surface area contributed by atoms with E-state index in [0.717, 1.165) is 18.2 Å². The molecule has 10 heteroatoms. The molecule has 0 saturated carbocycles. The molecule has 0 aliphatic carbocycles. The van der Waals surface area contributed by atoms with Crippen LogP contribution in [0.4, 0.5) is 19.0 Å². The van der Waals surface area contributed by atoms with E-state index in [1.165, 1.54) is 12.1 Å². The van der Waals surface area contributed by atoms with E-state index in [-0.39, 0.29) is 28.3 Å². The molecule has 2 aromatic carbocycles. The Morgan fingerprint density at radius 3 is 2.62 bits per heavy atom. The number of nitrogens with zero attached hydrogens (tertiary/aromatic N) is 2. The number of rotatable bonds is 4. The van der Waals surface area contributed by atoms with Crippen LogP contribution in [-0.2, 0) is 0 Å². The molecule has 0 fully saturated rings. The molecule has 0 atom stereocenters. The number of H-pyrrole nitrogens is 1. The van der Waals surface area contributed by atoms with Gasteiger partial charge in [-0.3, -0.25) is 9.89 Å². The van der Waals surface area contributed by atoms with Gasteiger partial charge in [0.15, 0.2) is 17.5 Å². The van der Waals surface area contributed by atoms with Gasteiger partial charge in [-0.15, -0.1) is 0 Å². The topological polar surface area (TPSA) is 82.2 Å². The summed E-state index contributed by atoms with van der Waals surface area (Å²) in [5.74, 6) is -3.19. The first kappa shape index (κ1) is 20.7. The SMILES string of the molecule is CC(C)CN/C(=N\C(=O)c1ccc(F)c(F)c1)Nc1n[nH]c2cc(Cl)c(F)cc12. The second-order valence-corrected chi connectivity index (χ2v) is 7.09. The van der Waals surface area contributed by atoms with Gasteiger partial charge in [-0.2, -0.15) is 10.1 Å². The van der Waals surface area contributed by atoms with Crippen LogP contribution in [0.1, 0.15) is 24.2 Å². The standard InChI is InChI=1S/C19H17ClF3N5O/c1-9(2)8-24-19(26-18(29)10-3-4-13(21)15(23)5-10)25-17-11-6-14(22)12(20)7-16(11)27-28-17/h3-7,9H,8H2,1-2H3,(H3,24,25,26,27,28,29). The fourth-order valence-electron chi connectivity index (χ4n) is 2.43. The average molecular weight is 424 g/mol. The van der Waals surface area contributed by atoms with Gasteiger partial charge in [-0.05, 0) is 36.2 Å². The monoisotopic (exact) mass is 423 g/mol. The molecular weight excluding hydrogens is 407 g/mol. The third kappa shape index (κ3) is 4.86. The fraction of sp³-hybridized carbons (Fsp3) is 0.211. The van der Waals surface area contributed by atoms with Crippen LogP contribution < -0.4 is 10.6 Å². The van der Waals surface area contributed by atoms with Gasteiger partial charge in [-0.1, -0.05) is 25.4 Å². The minimum atomic E-state index is -1.15. The number of hydrogen-bond donors (Lipinski definition) is 3. The second-order valence-electron chi connectivity index (χ2n) is 6.68. The number of anilines is 1. The summed E-state index contributed by atoms with van der Waals surface area (Å²) in [7, 11) is 0. The molecule has 152 valence electrons. The number of amides is 1. The van der Waals surface area contributed by atoms with Crippen molar-refractivity contribution < 1.29 is 18.0 Å². The lowest BCUT2D eigenvalue weighted by atomic mass is 10.2. The Morgan fingerprint density at radius 1 is 1.17 bits per heavy atom. The van der Waals surface area contributed by atoms with Crippen molar-refractivity contribution in [1.29, 1.82) is 0 Å². The van der Waals surface area contributed by atoms with Gasteiger partial charge >= 0.3 is 0 Å². The smallest absolute Gasteiger partial charge is 0.280 e. The summed E-state index contributed by atoms with van der Waals surface area (Å²) in [5, 5.41) is 12.9. The number of nitrogens with one attached hydrogen (secondary N) is 3. The number of carbonyl (C=O) groups excluding carboxylic acids is 1. The number of aliphatic imine (C=N–C) groups is 1. The Balaban J connectivity index is 1.92. The highest BCUT2D eigenvalue weighted by Gasteiger charge is 2.14. The quantitative estimate of drug-likeness (QED) is 0.426. The van der Waals surface area contributed by atoms with E-state index < -0.39 is 23.4 Å². The summed E-state index contributed by atoms with van der Waals surface area (Å²) in [4.78, 5) is 16.3. The van der Waals surface area contributed by atoms with Crippen LogP contribution in [0.2, 0.25) is 5.02 Å². The maximum Gasteiger partial charge on any atom is 0.280 e. The van der Waals surface area contributed by atoms with Crippen molar-refractivity contribution in [2.45, 2.75) is 13.8 Å². The van der Waals surface area contributed by atoms with Crippen LogP contribution in [0.15, 0.2) is 35.3 Å². The van der Waals surface area contributed by atoms with Crippen LogP contribution in [0.25, 0.3) is 10.9 Å². The molecule has 0 spiro atoms. The summed E-state index contributed by atoms with van der Waals surface area (Å²) in [6.07, 6.45) is 0. The first-order chi connectivity index (χ1) is 13.7. The van der Waals surface area contributed by atoms with Crippen LogP contribution in [0.3, 0.4) is 0 Å². The Hall–Kier alpha value is -3.07. The highest BCUT2D eigenvalue weighted by atomic mass is 35.5. The largest absolute Gasteiger partial charge is 0.355 e. The lowest BCUT2D eigenvalue weighted by Crippen LogP contribution is -2.34. The van der Waals surface area contributed by atoms with Crippen LogP contribution in [-0.4, -0.2) is 28.6 Å². The predicted molar refractivity (Wildman–Crippen MR) is 106 cm³/mol. The third-order valence-corrected chi connectivity index (χ3v) is 4.19. The van der Waals surface area contributed by atoms with Crippen molar-refractivity contribution in [3.8, 4) is 0 Å². The van der Waals surface area contributed by atoms with E-state index in [0.29, 0.717) is 17.4 Å². The van der Waals surface area contributed by atoms with Gasteiger partial charge in [0.25, 0.3) is 5.91 Å². The minimum absolute atomic E-state index is 0.0252. The van der Waals surface area contributed by atoms with E-state index in [4.69, 9.17) is 11.6 Å². The van der Waals surface area contributed by atoms with E-state index in [1.54, 1.807) is 0 Å². The number of halogens is 4. The van der Waals surface area contributed by atoms with Gasteiger partial charge < -0.3 is 10.6 Å². The van der Waals surface area contributed by atoms with E-state index in [1.807, 2.05) is 13.8 Å². The van der Waals surface area contributed by atoms with Crippen LogP contribution in [0.5, 0.6) is 0 Å². The molecule has 3 aromatic rings. The number of benzene rings is 2. The van der Waals surface area contributed by atoms with E-state index in [9.17, 15) is 18.0 Å². The number of guanidine groups is 1. The molecule has 0 radical (unpaired) electrons. The number of hydrogen-bond acceptors (Lipinski definition) is 2. The molecule has 0 aliphatic rings. The Bertz CT molecular complexity index is 1100. The third-order valence-electron chi connectivity index (χ3n) is 3.90. The van der Waals surface area contributed by atoms with Crippen LogP contribution in [0, 0.1) is 23.4 Å². The highest BCUT2D eigenvalue weighted by molar-refractivity contribution is 6.31. The van der Waals surface area contributed by atoms with Crippen molar-refractivity contribution in [1.82, 2.24) is 15.5 Å². The molecular formula is C19H17ClF3N5O. The van der Waals surface area contributed by atoms with Crippen molar-refractivity contribution in [2.24, 2.45) is 10.9 Å². The van der Waals surface area contributed by atoms with Gasteiger partial charge in [-0.25, -0.2) is 13.2 Å². The molecule has 6 nitrogen and oxygen atoms in total. The second kappa shape index (κ2) is 8.52. The fourth-order valence-corrected chi connectivity index (χ4v) is 2.59. The van der Waals surface area contributed by atoms with E-state index in [2.05, 4.69) is 25.8 Å². The zero-order valence-electron chi connectivity index (χ0n) is 15.5. The van der Waals surface area contributed by atoms with Gasteiger partial charge in [0.1, 0.15) is 5.82 Å². The van der Waals surface area contributed by atoms with Crippen molar-refractivity contribution in [3.63, 3.8) is 0 Å². The Kier molecular flexibility index (Phi) is 6.07. The summed E-state index contributed by atoms with van der Waals surface area (Å²) in [5.41, 5.74) is 0.355. The number of aromatic nitrogens is 2. The minimum Gasteiger partial charge on any atom is -0.355 e. The average Bonchev–Trinajstić information content (AvgIpc) is 3.03. The lowest BCUT2D eigenvalue weighted by Gasteiger charge is -2.12. The molecule has 3 N–H and O–H groups in total. The summed E-state index contributed by atoms with van der Waals surface area (Å²) < 4.78 is 40.3. The van der Waals surface area contributed by atoms with E-state index >= 15 is 0 Å². The molecule has 1 amide bonds. The Labute approximate surface area is 169 Å². The molecule has 0 aliphatic heterocycles. The zero-order valence-corrected chi connectivity index (χ0v) is 16.2. The Morgan fingerprint density at radius 2 is 1.93 bits per heavy atom. The molecule has 0 saturated heterocycles. The normalized spacial score (nSPS) is 11.9. The first-order valence-corrected chi connectivity index (χ1v) is 9.04. The van der Waals surface area contributed by atoms with Gasteiger partial charge in [0.2, 0.25) is 5.96 Å². The van der Waals surface area contributed by atoms with Gasteiger partial charge in [0.05, 0.1) is 10.5 Å². The highest BCUT2D eigenvalue weighted by Crippen LogP contribution is 2.26. The van der Waals surface area contributed by atoms with Gasteiger partial charge in [0, 0.05) is 17.5 Å². The molecule has 1 aromatic heterocycles. The first-order valence-electron chi connectivity index (χ1n) is 8.66. The predicted octanol–water partition coefficient (Wildman–Crippen LogP) is 4.49. The lowest BCUT2D eigenvalue weighted by molar-refractivity contribution is 0.100. The van der Waals surface area contributed by atoms with Crippen LogP contribution >= 0.6 is 11.6 Å². The summed E-state index contributed by atoms with van der Waals surface area (Å²) in [6.45, 7) is 4.35. The molecule has 0 bridgehead atoms. The molecule has 0 unspecified atom stereocenters. The van der Waals surface area contributed by atoms with Crippen molar-refractivity contribution in [2.75, 3.05) is 11.9 Å². The molecule has 3 rings (SSSR count). The van der Waals surface area contributed by atoms with Crippen molar-refractivity contribution >= 4 is 40.2 Å². The molecule has 29 heavy (non-hydrogen) atoms. The number of fused-ring (bicyclic) bond motifs is 1. The number of aromatic amines is 1. The van der Waals surface area contributed by atoms with Crippen molar-refractivity contribution in [3.05, 3.63) is 58.4 Å². The molecule has 1 heterocycles. The zero-order chi connectivity index (χ0) is 21.1.